The van der Waals surface area contributed by atoms with E-state index in [1.807, 2.05) is 30.3 Å². The molecule has 0 spiro atoms. The average Bonchev–Trinajstić information content (AvgIpc) is 3.16. The van der Waals surface area contributed by atoms with Crippen LogP contribution in [0.5, 0.6) is 0 Å². The molecule has 144 valence electrons. The lowest BCUT2D eigenvalue weighted by Crippen LogP contribution is -2.46. The van der Waals surface area contributed by atoms with Crippen molar-refractivity contribution in [1.29, 1.82) is 0 Å². The Labute approximate surface area is 159 Å². The van der Waals surface area contributed by atoms with Gasteiger partial charge in [0.15, 0.2) is 0 Å². The molecule has 2 aromatic rings. The molecule has 28 heavy (non-hydrogen) atoms. The molecule has 2 aliphatic heterocycles. The zero-order valence-corrected chi connectivity index (χ0v) is 14.8. The second-order valence-corrected chi connectivity index (χ2v) is 6.76. The van der Waals surface area contributed by atoms with Gasteiger partial charge in [0.2, 0.25) is 0 Å². The normalized spacial score (nSPS) is 22.1. The number of imide groups is 1. The fourth-order valence-electron chi connectivity index (χ4n) is 3.70. The first kappa shape index (κ1) is 18.1. The highest BCUT2D eigenvalue weighted by Crippen LogP contribution is 2.30. The van der Waals surface area contributed by atoms with Crippen molar-refractivity contribution in [2.75, 3.05) is 11.4 Å². The monoisotopic (exact) mass is 385 g/mol. The highest BCUT2D eigenvalue weighted by molar-refractivity contribution is 6.10. The number of anilines is 1. The predicted octanol–water partition coefficient (Wildman–Crippen LogP) is 2.23. The molecule has 2 unspecified atom stereocenters. The number of nitrogens with one attached hydrogen (secondary N) is 1. The highest BCUT2D eigenvalue weighted by atomic mass is 19.1. The minimum atomic E-state index is -1.08. The fraction of sp³-hybridized carbons (Fsp3) is 0.250. The van der Waals surface area contributed by atoms with E-state index in [1.54, 1.807) is 0 Å². The average molecular weight is 385 g/mol. The van der Waals surface area contributed by atoms with Gasteiger partial charge in [-0.1, -0.05) is 36.4 Å². The molecule has 0 bridgehead atoms. The quantitative estimate of drug-likeness (QED) is 0.821. The number of rotatable bonds is 4. The van der Waals surface area contributed by atoms with Gasteiger partial charge < -0.3 is 10.2 Å². The molecule has 2 aromatic carbocycles. The number of hydrogen-bond donors (Lipinski definition) is 1. The highest BCUT2D eigenvalue weighted by Gasteiger charge is 2.48. The summed E-state index contributed by atoms with van der Waals surface area (Å²) in [6, 6.07) is 9.98. The number of halogens is 2. The van der Waals surface area contributed by atoms with Crippen LogP contribution in [0.15, 0.2) is 48.5 Å². The summed E-state index contributed by atoms with van der Waals surface area (Å²) in [6.45, 7) is 0.0156. The van der Waals surface area contributed by atoms with Gasteiger partial charge in [0.1, 0.15) is 29.4 Å². The Hall–Kier alpha value is -3.29. The van der Waals surface area contributed by atoms with Crippen molar-refractivity contribution in [2.24, 2.45) is 0 Å². The summed E-state index contributed by atoms with van der Waals surface area (Å²) >= 11 is 0. The third kappa shape index (κ3) is 3.00. The van der Waals surface area contributed by atoms with Crippen LogP contribution in [0.3, 0.4) is 0 Å². The number of benzene rings is 2. The fourth-order valence-corrected chi connectivity index (χ4v) is 3.70. The SMILES string of the molecule is O=C1C(N2C(=O)NC(Cc3ccccc3)C2=O)CCN1c1c(F)cccc1F. The van der Waals surface area contributed by atoms with E-state index in [-0.39, 0.29) is 13.0 Å². The number of hydrogen-bond acceptors (Lipinski definition) is 3. The molecule has 0 radical (unpaired) electrons. The minimum absolute atomic E-state index is 0.0156. The van der Waals surface area contributed by atoms with Gasteiger partial charge >= 0.3 is 6.03 Å². The van der Waals surface area contributed by atoms with Gasteiger partial charge in [-0.05, 0) is 24.1 Å². The number of para-hydroxylation sites is 1. The molecule has 0 saturated carbocycles. The van der Waals surface area contributed by atoms with Gasteiger partial charge in [0.25, 0.3) is 11.8 Å². The van der Waals surface area contributed by atoms with Crippen molar-refractivity contribution in [3.8, 4) is 0 Å². The first-order valence-corrected chi connectivity index (χ1v) is 8.90. The van der Waals surface area contributed by atoms with Crippen LogP contribution in [0.2, 0.25) is 0 Å². The van der Waals surface area contributed by atoms with E-state index >= 15 is 0 Å². The van der Waals surface area contributed by atoms with Crippen LogP contribution in [0.4, 0.5) is 19.3 Å². The number of carbonyl (C=O) groups excluding carboxylic acids is 3. The lowest BCUT2D eigenvalue weighted by Gasteiger charge is -2.21. The molecule has 0 aromatic heterocycles. The van der Waals surface area contributed by atoms with Crippen LogP contribution in [-0.2, 0) is 16.0 Å². The Morgan fingerprint density at radius 1 is 0.929 bits per heavy atom. The summed E-state index contributed by atoms with van der Waals surface area (Å²) in [6.07, 6.45) is 0.415. The van der Waals surface area contributed by atoms with Crippen LogP contribution < -0.4 is 10.2 Å². The molecule has 2 saturated heterocycles. The Morgan fingerprint density at radius 2 is 1.61 bits per heavy atom. The third-order valence-electron chi connectivity index (χ3n) is 5.03. The van der Waals surface area contributed by atoms with E-state index in [0.29, 0.717) is 6.42 Å². The predicted molar refractivity (Wildman–Crippen MR) is 96.4 cm³/mol. The van der Waals surface area contributed by atoms with Gasteiger partial charge in [-0.2, -0.15) is 0 Å². The van der Waals surface area contributed by atoms with E-state index in [9.17, 15) is 23.2 Å². The molecule has 6 nitrogen and oxygen atoms in total. The summed E-state index contributed by atoms with van der Waals surface area (Å²) in [7, 11) is 0. The maximum Gasteiger partial charge on any atom is 0.325 e. The van der Waals surface area contributed by atoms with Crippen molar-refractivity contribution in [2.45, 2.75) is 24.9 Å². The standard InChI is InChI=1S/C20H17F2N3O3/c21-13-7-4-8-14(22)17(13)24-10-9-16(19(24)27)25-18(26)15(23-20(25)28)11-12-5-2-1-3-6-12/h1-8,15-16H,9-11H2,(H,23,28). The van der Waals surface area contributed by atoms with E-state index in [2.05, 4.69) is 5.32 Å². The summed E-state index contributed by atoms with van der Waals surface area (Å²) in [4.78, 5) is 39.7. The van der Waals surface area contributed by atoms with Gasteiger partial charge in [0.05, 0.1) is 0 Å². The zero-order chi connectivity index (χ0) is 19.8. The van der Waals surface area contributed by atoms with E-state index in [4.69, 9.17) is 0 Å². The smallest absolute Gasteiger partial charge is 0.325 e. The molecular weight excluding hydrogens is 368 g/mol. The summed E-state index contributed by atoms with van der Waals surface area (Å²) in [5, 5.41) is 2.60. The number of amides is 4. The van der Waals surface area contributed by atoms with Crippen LogP contribution in [0.1, 0.15) is 12.0 Å². The molecule has 2 fully saturated rings. The van der Waals surface area contributed by atoms with Crippen LogP contribution >= 0.6 is 0 Å². The van der Waals surface area contributed by atoms with Crippen LogP contribution in [-0.4, -0.2) is 41.4 Å². The lowest BCUT2D eigenvalue weighted by molar-refractivity contribution is -0.133. The number of carbonyl (C=O) groups is 3. The van der Waals surface area contributed by atoms with Gasteiger partial charge in [0, 0.05) is 13.0 Å². The Kier molecular flexibility index (Phi) is 4.54. The molecule has 2 atom stereocenters. The van der Waals surface area contributed by atoms with Crippen molar-refractivity contribution < 1.29 is 23.2 Å². The van der Waals surface area contributed by atoms with Gasteiger partial charge in [-0.3, -0.25) is 9.59 Å². The van der Waals surface area contributed by atoms with Crippen LogP contribution in [0, 0.1) is 11.6 Å². The molecule has 0 aliphatic carbocycles. The maximum atomic E-state index is 14.0. The second kappa shape index (κ2) is 7.03. The van der Waals surface area contributed by atoms with E-state index in [1.165, 1.54) is 6.07 Å². The van der Waals surface area contributed by atoms with Gasteiger partial charge in [-0.25, -0.2) is 18.5 Å². The first-order chi connectivity index (χ1) is 13.5. The third-order valence-corrected chi connectivity index (χ3v) is 5.03. The largest absolute Gasteiger partial charge is 0.325 e. The van der Waals surface area contributed by atoms with E-state index < -0.39 is 47.3 Å². The lowest BCUT2D eigenvalue weighted by atomic mass is 10.1. The Balaban J connectivity index is 1.54. The number of nitrogens with zero attached hydrogens (tertiary/aromatic N) is 2. The van der Waals surface area contributed by atoms with Crippen molar-refractivity contribution in [3.05, 3.63) is 65.7 Å². The van der Waals surface area contributed by atoms with Gasteiger partial charge in [-0.15, -0.1) is 0 Å². The number of urea groups is 1. The molecular formula is C20H17F2N3O3. The van der Waals surface area contributed by atoms with Crippen molar-refractivity contribution in [1.82, 2.24) is 10.2 Å². The van der Waals surface area contributed by atoms with Crippen molar-refractivity contribution in [3.63, 3.8) is 0 Å². The zero-order valence-electron chi connectivity index (χ0n) is 14.8. The Bertz CT molecular complexity index is 931. The molecule has 8 heteroatoms. The maximum absolute atomic E-state index is 14.0. The molecule has 4 rings (SSSR count). The molecule has 1 N–H and O–H groups in total. The topological polar surface area (TPSA) is 69.7 Å². The van der Waals surface area contributed by atoms with E-state index in [0.717, 1.165) is 27.5 Å². The summed E-state index contributed by atoms with van der Waals surface area (Å²) in [5.74, 6) is -2.92. The second-order valence-electron chi connectivity index (χ2n) is 6.76. The van der Waals surface area contributed by atoms with Crippen LogP contribution in [0.25, 0.3) is 0 Å². The first-order valence-electron chi connectivity index (χ1n) is 8.90. The summed E-state index contributed by atoms with van der Waals surface area (Å²) < 4.78 is 28.1. The minimum Gasteiger partial charge on any atom is -0.325 e. The van der Waals surface area contributed by atoms with Crippen molar-refractivity contribution >= 4 is 23.5 Å². The molecule has 2 heterocycles. The molecule has 2 aliphatic rings. The molecule has 4 amide bonds. The summed E-state index contributed by atoms with van der Waals surface area (Å²) in [5.41, 5.74) is 0.415. The Morgan fingerprint density at radius 3 is 2.29 bits per heavy atom.